The van der Waals surface area contributed by atoms with Crippen LogP contribution in [0.25, 0.3) is 0 Å². The first kappa shape index (κ1) is 18.0. The molecule has 0 spiro atoms. The Balaban J connectivity index is 1.38. The molecular formula is C22H27N3O2. The zero-order valence-corrected chi connectivity index (χ0v) is 15.6. The van der Waals surface area contributed by atoms with Crippen LogP contribution in [0.5, 0.6) is 5.75 Å². The minimum absolute atomic E-state index is 0.00283. The molecule has 5 nitrogen and oxygen atoms in total. The van der Waals surface area contributed by atoms with Crippen molar-refractivity contribution >= 4 is 11.6 Å². The number of carbonyl (C=O) groups excluding carboxylic acids is 1. The third kappa shape index (κ3) is 4.30. The van der Waals surface area contributed by atoms with Crippen LogP contribution in [-0.4, -0.2) is 34.4 Å². The Morgan fingerprint density at radius 2 is 1.89 bits per heavy atom. The lowest BCUT2D eigenvalue weighted by Gasteiger charge is -2.46. The van der Waals surface area contributed by atoms with Gasteiger partial charge in [-0.05, 0) is 43.5 Å². The number of ether oxygens (including phenoxy) is 1. The van der Waals surface area contributed by atoms with Crippen molar-refractivity contribution in [1.29, 1.82) is 0 Å². The average molecular weight is 365 g/mol. The van der Waals surface area contributed by atoms with E-state index in [1.54, 1.807) is 6.20 Å². The average Bonchev–Trinajstić information content (AvgIpc) is 2.68. The summed E-state index contributed by atoms with van der Waals surface area (Å²) in [7, 11) is 0. The van der Waals surface area contributed by atoms with Gasteiger partial charge in [-0.25, -0.2) is 0 Å². The van der Waals surface area contributed by atoms with E-state index in [1.165, 1.54) is 32.1 Å². The summed E-state index contributed by atoms with van der Waals surface area (Å²) >= 11 is 0. The maximum atomic E-state index is 12.9. The Morgan fingerprint density at radius 1 is 1.07 bits per heavy atom. The fourth-order valence-corrected chi connectivity index (χ4v) is 4.09. The van der Waals surface area contributed by atoms with E-state index < -0.39 is 0 Å². The Kier molecular flexibility index (Phi) is 5.68. The quantitative estimate of drug-likeness (QED) is 0.840. The van der Waals surface area contributed by atoms with Crippen LogP contribution < -0.4 is 10.1 Å². The van der Waals surface area contributed by atoms with Crippen molar-refractivity contribution in [3.8, 4) is 5.75 Å². The SMILES string of the molecule is O=C(Nc1ccccc1OCc1ccccn1)[C@H]1CCN1C1CCCCC1. The van der Waals surface area contributed by atoms with Crippen LogP contribution >= 0.6 is 0 Å². The number of pyridine rings is 1. The van der Waals surface area contributed by atoms with E-state index >= 15 is 0 Å². The van der Waals surface area contributed by atoms with E-state index in [0.29, 0.717) is 18.4 Å². The predicted molar refractivity (Wildman–Crippen MR) is 106 cm³/mol. The van der Waals surface area contributed by atoms with Crippen molar-refractivity contribution in [2.75, 3.05) is 11.9 Å². The Bertz CT molecular complexity index is 759. The minimum Gasteiger partial charge on any atom is -0.485 e. The number of nitrogens with one attached hydrogen (secondary N) is 1. The second-order valence-electron chi connectivity index (χ2n) is 7.43. The molecule has 5 heteroatoms. The van der Waals surface area contributed by atoms with Gasteiger partial charge in [0.2, 0.25) is 5.91 Å². The molecule has 142 valence electrons. The number of benzene rings is 1. The van der Waals surface area contributed by atoms with E-state index in [1.807, 2.05) is 42.5 Å². The lowest BCUT2D eigenvalue weighted by Crippen LogP contribution is -2.58. The number of carbonyl (C=O) groups is 1. The molecule has 1 aromatic heterocycles. The van der Waals surface area contributed by atoms with Crippen LogP contribution in [0.15, 0.2) is 48.7 Å². The number of aromatic nitrogens is 1. The Morgan fingerprint density at radius 3 is 2.63 bits per heavy atom. The molecule has 0 unspecified atom stereocenters. The van der Waals surface area contributed by atoms with Crippen molar-refractivity contribution in [1.82, 2.24) is 9.88 Å². The van der Waals surface area contributed by atoms with Crippen LogP contribution in [0.1, 0.15) is 44.2 Å². The summed E-state index contributed by atoms with van der Waals surface area (Å²) in [4.78, 5) is 19.5. The summed E-state index contributed by atoms with van der Waals surface area (Å²) in [5.74, 6) is 0.765. The summed E-state index contributed by atoms with van der Waals surface area (Å²) in [6.07, 6.45) is 9.07. The largest absolute Gasteiger partial charge is 0.485 e. The molecule has 1 atom stereocenters. The van der Waals surface area contributed by atoms with Gasteiger partial charge in [-0.15, -0.1) is 0 Å². The summed E-state index contributed by atoms with van der Waals surface area (Å²) in [6.45, 7) is 1.42. The number of para-hydroxylation sites is 2. The van der Waals surface area contributed by atoms with E-state index in [-0.39, 0.29) is 11.9 Å². The molecule has 4 rings (SSSR count). The van der Waals surface area contributed by atoms with Crippen LogP contribution in [0, 0.1) is 0 Å². The van der Waals surface area contributed by atoms with Gasteiger partial charge in [-0.2, -0.15) is 0 Å². The fourth-order valence-electron chi connectivity index (χ4n) is 4.09. The zero-order valence-electron chi connectivity index (χ0n) is 15.6. The van der Waals surface area contributed by atoms with Gasteiger partial charge in [0.25, 0.3) is 0 Å². The first-order chi connectivity index (χ1) is 13.3. The molecule has 1 aliphatic carbocycles. The van der Waals surface area contributed by atoms with Crippen molar-refractivity contribution in [2.45, 2.75) is 57.2 Å². The Labute approximate surface area is 160 Å². The molecule has 1 saturated carbocycles. The molecule has 27 heavy (non-hydrogen) atoms. The van der Waals surface area contributed by atoms with Gasteiger partial charge >= 0.3 is 0 Å². The lowest BCUT2D eigenvalue weighted by atomic mass is 9.89. The van der Waals surface area contributed by atoms with E-state index in [2.05, 4.69) is 15.2 Å². The van der Waals surface area contributed by atoms with Gasteiger partial charge in [0.05, 0.1) is 17.4 Å². The standard InChI is InChI=1S/C22H27N3O2/c26-22(20-13-15-25(20)18-9-2-1-3-10-18)24-19-11-4-5-12-21(19)27-16-17-8-6-7-14-23-17/h4-8,11-12,14,18,20H,1-3,9-10,13,15-16H2,(H,24,26)/t20-/m1/s1. The van der Waals surface area contributed by atoms with Crippen LogP contribution in [0.2, 0.25) is 0 Å². The lowest BCUT2D eigenvalue weighted by molar-refractivity contribution is -0.128. The molecule has 2 aromatic rings. The molecule has 2 fully saturated rings. The van der Waals surface area contributed by atoms with Gasteiger partial charge < -0.3 is 10.1 Å². The van der Waals surface area contributed by atoms with Crippen LogP contribution in [0.4, 0.5) is 5.69 Å². The molecule has 1 saturated heterocycles. The van der Waals surface area contributed by atoms with Crippen LogP contribution in [0.3, 0.4) is 0 Å². The van der Waals surface area contributed by atoms with Gasteiger partial charge in [0.1, 0.15) is 12.4 Å². The smallest absolute Gasteiger partial charge is 0.241 e. The monoisotopic (exact) mass is 365 g/mol. The molecule has 0 radical (unpaired) electrons. The van der Waals surface area contributed by atoms with Crippen molar-refractivity contribution in [3.05, 3.63) is 54.4 Å². The maximum Gasteiger partial charge on any atom is 0.241 e. The maximum absolute atomic E-state index is 12.9. The number of nitrogens with zero attached hydrogens (tertiary/aromatic N) is 2. The van der Waals surface area contributed by atoms with E-state index in [0.717, 1.165) is 24.3 Å². The normalized spacial score (nSPS) is 20.7. The fraction of sp³-hybridized carbons (Fsp3) is 0.455. The number of hydrogen-bond donors (Lipinski definition) is 1. The highest BCUT2D eigenvalue weighted by atomic mass is 16.5. The molecule has 1 aromatic carbocycles. The van der Waals surface area contributed by atoms with Crippen molar-refractivity contribution in [3.63, 3.8) is 0 Å². The minimum atomic E-state index is -0.00283. The highest BCUT2D eigenvalue weighted by Crippen LogP contribution is 2.31. The first-order valence-electron chi connectivity index (χ1n) is 9.99. The number of amides is 1. The molecule has 1 amide bonds. The Hall–Kier alpha value is -2.40. The van der Waals surface area contributed by atoms with E-state index in [4.69, 9.17) is 4.74 Å². The molecule has 2 heterocycles. The van der Waals surface area contributed by atoms with Crippen LogP contribution in [-0.2, 0) is 11.4 Å². The summed E-state index contributed by atoms with van der Waals surface area (Å²) in [6, 6.07) is 14.0. The van der Waals surface area contributed by atoms with Crippen molar-refractivity contribution < 1.29 is 9.53 Å². The predicted octanol–water partition coefficient (Wildman–Crippen LogP) is 4.01. The third-order valence-corrected chi connectivity index (χ3v) is 5.65. The van der Waals surface area contributed by atoms with Gasteiger partial charge in [0.15, 0.2) is 0 Å². The second-order valence-corrected chi connectivity index (χ2v) is 7.43. The molecule has 0 bridgehead atoms. The van der Waals surface area contributed by atoms with E-state index in [9.17, 15) is 4.79 Å². The highest BCUT2D eigenvalue weighted by molar-refractivity contribution is 5.96. The van der Waals surface area contributed by atoms with Gasteiger partial charge in [-0.1, -0.05) is 37.5 Å². The third-order valence-electron chi connectivity index (χ3n) is 5.65. The second kappa shape index (κ2) is 8.53. The number of rotatable bonds is 6. The number of anilines is 1. The van der Waals surface area contributed by atoms with Gasteiger partial charge in [0, 0.05) is 18.8 Å². The number of hydrogen-bond acceptors (Lipinski definition) is 4. The summed E-state index contributed by atoms with van der Waals surface area (Å²) in [5, 5.41) is 3.09. The first-order valence-corrected chi connectivity index (χ1v) is 9.99. The van der Waals surface area contributed by atoms with Crippen molar-refractivity contribution in [2.24, 2.45) is 0 Å². The molecule has 2 aliphatic rings. The zero-order chi connectivity index (χ0) is 18.5. The summed E-state index contributed by atoms with van der Waals surface area (Å²) in [5.41, 5.74) is 1.59. The highest BCUT2D eigenvalue weighted by Gasteiger charge is 2.39. The van der Waals surface area contributed by atoms with Gasteiger partial charge in [-0.3, -0.25) is 14.7 Å². The molecule has 1 aliphatic heterocycles. The topological polar surface area (TPSA) is 54.5 Å². The molecular weight excluding hydrogens is 338 g/mol. The summed E-state index contributed by atoms with van der Waals surface area (Å²) < 4.78 is 5.91. The number of likely N-dealkylation sites (tertiary alicyclic amines) is 1. The molecule has 1 N–H and O–H groups in total.